The van der Waals surface area contributed by atoms with Gasteiger partial charge in [0, 0.05) is 9.37 Å². The Labute approximate surface area is 141 Å². The molecular weight excluding hydrogens is 394 g/mol. The second kappa shape index (κ2) is 6.85. The molecule has 126 valence electrons. The molecule has 0 aromatic heterocycles. The first-order chi connectivity index (χ1) is 10.7. The van der Waals surface area contributed by atoms with Crippen molar-refractivity contribution in [2.45, 2.75) is 12.0 Å². The van der Waals surface area contributed by atoms with E-state index in [9.17, 15) is 18.4 Å². The highest BCUT2D eigenvalue weighted by Gasteiger charge is 2.46. The summed E-state index contributed by atoms with van der Waals surface area (Å²) >= 11 is 3.29. The van der Waals surface area contributed by atoms with Crippen LogP contribution in [0.1, 0.15) is 11.5 Å². The van der Waals surface area contributed by atoms with Crippen molar-refractivity contribution in [2.75, 3.05) is 20.0 Å². The Bertz CT molecular complexity index is 729. The van der Waals surface area contributed by atoms with E-state index >= 15 is 0 Å². The van der Waals surface area contributed by atoms with Crippen LogP contribution in [0, 0.1) is 5.21 Å². The Kier molecular flexibility index (Phi) is 5.27. The number of hydrogen-bond donors (Lipinski definition) is 0. The number of halogens is 1. The van der Waals surface area contributed by atoms with Crippen LogP contribution >= 0.6 is 15.9 Å². The van der Waals surface area contributed by atoms with Gasteiger partial charge in [0.25, 0.3) is 10.1 Å². The first-order valence-corrected chi connectivity index (χ1v) is 9.03. The Morgan fingerprint density at radius 1 is 1.39 bits per heavy atom. The van der Waals surface area contributed by atoms with Crippen LogP contribution in [-0.2, 0) is 28.7 Å². The summed E-state index contributed by atoms with van der Waals surface area (Å²) in [6.45, 7) is -0.404. The van der Waals surface area contributed by atoms with Crippen LogP contribution < -0.4 is 0 Å². The van der Waals surface area contributed by atoms with E-state index in [-0.39, 0.29) is 10.6 Å². The molecule has 10 heteroatoms. The molecule has 1 aliphatic heterocycles. The molecule has 0 spiro atoms. The number of benzene rings is 1. The van der Waals surface area contributed by atoms with E-state index in [4.69, 9.17) is 9.02 Å². The molecular formula is C13H14BrNO7S. The average Bonchev–Trinajstić information content (AvgIpc) is 2.81. The van der Waals surface area contributed by atoms with Crippen LogP contribution in [0.3, 0.4) is 0 Å². The highest BCUT2D eigenvalue weighted by Crippen LogP contribution is 2.30. The van der Waals surface area contributed by atoms with E-state index in [2.05, 4.69) is 20.7 Å². The standard InChI is InChI=1S/C13H14BrNO7S/c1-20-13(16)12-11(8-3-5-9(14)6-4-8)10(22-15(12)17)7-21-23(2,18)19/h3-6,10-11H,7H2,1-2H3/t10-,11-/m0/s1. The van der Waals surface area contributed by atoms with E-state index in [1.54, 1.807) is 24.3 Å². The van der Waals surface area contributed by atoms with Crippen molar-refractivity contribution >= 4 is 37.7 Å². The van der Waals surface area contributed by atoms with Gasteiger partial charge in [-0.1, -0.05) is 28.1 Å². The van der Waals surface area contributed by atoms with Gasteiger partial charge >= 0.3 is 11.7 Å². The average molecular weight is 408 g/mol. The maximum absolute atomic E-state index is 11.9. The lowest BCUT2D eigenvalue weighted by Crippen LogP contribution is -2.31. The van der Waals surface area contributed by atoms with Crippen molar-refractivity contribution in [2.24, 2.45) is 0 Å². The number of methoxy groups -OCH3 is 1. The third-order valence-electron chi connectivity index (χ3n) is 3.16. The predicted octanol–water partition coefficient (Wildman–Crippen LogP) is 0.947. The zero-order valence-corrected chi connectivity index (χ0v) is 14.7. The number of nitrogens with zero attached hydrogens (tertiary/aromatic N) is 1. The number of carbonyl (C=O) groups excluding carboxylic acids is 1. The molecule has 1 aromatic carbocycles. The fourth-order valence-corrected chi connectivity index (χ4v) is 2.84. The lowest BCUT2D eigenvalue weighted by atomic mass is 9.89. The van der Waals surface area contributed by atoms with Gasteiger partial charge in [0.05, 0.1) is 20.0 Å². The van der Waals surface area contributed by atoms with Gasteiger partial charge in [-0.15, -0.1) is 0 Å². The molecule has 0 aliphatic carbocycles. The summed E-state index contributed by atoms with van der Waals surface area (Å²) < 4.78 is 32.4. The van der Waals surface area contributed by atoms with Crippen LogP contribution in [0.15, 0.2) is 28.7 Å². The van der Waals surface area contributed by atoms with Gasteiger partial charge in [-0.05, 0) is 17.7 Å². The van der Waals surface area contributed by atoms with Crippen molar-refractivity contribution in [1.82, 2.24) is 0 Å². The molecule has 0 bridgehead atoms. The molecule has 0 saturated heterocycles. The number of hydrogen-bond acceptors (Lipinski definition) is 7. The molecule has 0 saturated carbocycles. The topological polar surface area (TPSA) is 105 Å². The normalized spacial score (nSPS) is 21.2. The Morgan fingerprint density at radius 3 is 2.52 bits per heavy atom. The van der Waals surface area contributed by atoms with E-state index in [0.717, 1.165) is 17.8 Å². The van der Waals surface area contributed by atoms with Gasteiger partial charge < -0.3 is 9.57 Å². The highest BCUT2D eigenvalue weighted by atomic mass is 79.9. The molecule has 1 aliphatic rings. The monoisotopic (exact) mass is 407 g/mol. The molecule has 1 aromatic rings. The molecule has 23 heavy (non-hydrogen) atoms. The Hall–Kier alpha value is -1.65. The van der Waals surface area contributed by atoms with Gasteiger partial charge in [0.15, 0.2) is 0 Å². The van der Waals surface area contributed by atoms with Crippen LogP contribution in [0.2, 0.25) is 0 Å². The molecule has 0 N–H and O–H groups in total. The molecule has 8 nitrogen and oxygen atoms in total. The minimum absolute atomic E-state index is 0.0504. The predicted molar refractivity (Wildman–Crippen MR) is 83.2 cm³/mol. The smallest absolute Gasteiger partial charge is 0.405 e. The highest BCUT2D eigenvalue weighted by molar-refractivity contribution is 9.10. The zero-order valence-electron chi connectivity index (χ0n) is 12.3. The molecule has 2 rings (SSSR count). The zero-order chi connectivity index (χ0) is 17.2. The third kappa shape index (κ3) is 4.21. The molecule has 0 amide bonds. The van der Waals surface area contributed by atoms with E-state index in [0.29, 0.717) is 5.56 Å². The minimum atomic E-state index is -3.72. The summed E-state index contributed by atoms with van der Waals surface area (Å²) in [7, 11) is -2.58. The molecule has 1 heterocycles. The fraction of sp³-hybridized carbons (Fsp3) is 0.385. The van der Waals surface area contributed by atoms with Crippen LogP contribution in [0.5, 0.6) is 0 Å². The molecule has 2 atom stereocenters. The minimum Gasteiger partial charge on any atom is -0.461 e. The maximum atomic E-state index is 11.9. The Morgan fingerprint density at radius 2 is 2.00 bits per heavy atom. The van der Waals surface area contributed by atoms with Gasteiger partial charge in [-0.3, -0.25) is 9.39 Å². The van der Waals surface area contributed by atoms with E-state index in [1.807, 2.05) is 0 Å². The quantitative estimate of drug-likeness (QED) is 0.406. The lowest BCUT2D eigenvalue weighted by Gasteiger charge is -2.18. The van der Waals surface area contributed by atoms with Gasteiger partial charge in [-0.25, -0.2) is 4.79 Å². The van der Waals surface area contributed by atoms with Gasteiger partial charge in [0.2, 0.25) is 0 Å². The SMILES string of the molecule is COC(=O)C1=[N+]([O-])O[C@@H](COS(C)(=O)=O)[C@@H]1c1ccc(Br)cc1. The maximum Gasteiger partial charge on any atom is 0.405 e. The van der Waals surface area contributed by atoms with Crippen molar-refractivity contribution in [3.8, 4) is 0 Å². The van der Waals surface area contributed by atoms with Gasteiger partial charge in [0.1, 0.15) is 12.0 Å². The number of carbonyl (C=O) groups is 1. The number of esters is 1. The molecule has 0 fully saturated rings. The second-order valence-electron chi connectivity index (χ2n) is 4.80. The summed E-state index contributed by atoms with van der Waals surface area (Å²) in [4.78, 5) is 17.0. The third-order valence-corrected chi connectivity index (χ3v) is 4.26. The van der Waals surface area contributed by atoms with E-state index in [1.165, 1.54) is 0 Å². The second-order valence-corrected chi connectivity index (χ2v) is 7.36. The summed E-state index contributed by atoms with van der Waals surface area (Å²) in [6.07, 6.45) is -0.0891. The number of ether oxygens (including phenoxy) is 1. The first kappa shape index (κ1) is 17.7. The lowest BCUT2D eigenvalue weighted by molar-refractivity contribution is -0.740. The van der Waals surface area contributed by atoms with Crippen LogP contribution in [-0.4, -0.2) is 51.1 Å². The summed E-state index contributed by atoms with van der Waals surface area (Å²) in [5.41, 5.74) is 0.325. The summed E-state index contributed by atoms with van der Waals surface area (Å²) in [5, 5.41) is 11.9. The van der Waals surface area contributed by atoms with Crippen molar-refractivity contribution in [3.05, 3.63) is 39.5 Å². The van der Waals surface area contributed by atoms with Crippen molar-refractivity contribution in [1.29, 1.82) is 0 Å². The van der Waals surface area contributed by atoms with Crippen molar-refractivity contribution in [3.63, 3.8) is 0 Å². The van der Waals surface area contributed by atoms with Crippen molar-refractivity contribution < 1.29 is 31.9 Å². The molecule has 0 unspecified atom stereocenters. The van der Waals surface area contributed by atoms with E-state index < -0.39 is 34.7 Å². The van der Waals surface area contributed by atoms with Crippen LogP contribution in [0.4, 0.5) is 0 Å². The first-order valence-electron chi connectivity index (χ1n) is 6.42. The molecule has 0 radical (unpaired) electrons. The summed E-state index contributed by atoms with van der Waals surface area (Å²) in [6, 6.07) is 6.83. The van der Waals surface area contributed by atoms with Crippen LogP contribution in [0.25, 0.3) is 0 Å². The number of rotatable bonds is 5. The Balaban J connectivity index is 2.37. The largest absolute Gasteiger partial charge is 0.461 e. The fourth-order valence-electron chi connectivity index (χ4n) is 2.20. The summed E-state index contributed by atoms with van der Waals surface area (Å²) in [5.74, 6) is -1.66. The van der Waals surface area contributed by atoms with Gasteiger partial charge in [-0.2, -0.15) is 8.42 Å².